The van der Waals surface area contributed by atoms with Gasteiger partial charge in [0.25, 0.3) is 0 Å². The monoisotopic (exact) mass is 666 g/mol. The summed E-state index contributed by atoms with van der Waals surface area (Å²) in [7, 11) is 0. The van der Waals surface area contributed by atoms with Crippen molar-refractivity contribution >= 4 is 65.4 Å². The van der Waals surface area contributed by atoms with Crippen molar-refractivity contribution in [2.24, 2.45) is 0 Å². The van der Waals surface area contributed by atoms with Gasteiger partial charge in [-0.05, 0) is 69.8 Å². The number of nitrogens with zero attached hydrogens (tertiary/aromatic N) is 4. The van der Waals surface area contributed by atoms with E-state index in [1.54, 1.807) is 0 Å². The fraction of sp³-hybridized carbons (Fsp3) is 0. The Hall–Kier alpha value is -7.18. The smallest absolute Gasteiger partial charge is 0.164 e. The maximum Gasteiger partial charge on any atom is 0.164 e. The first-order valence-corrected chi connectivity index (χ1v) is 17.2. The predicted octanol–water partition coefficient (Wildman–Crippen LogP) is 12.0. The molecule has 11 aromatic rings. The zero-order chi connectivity index (χ0) is 34.2. The minimum absolute atomic E-state index is 0.583. The summed E-state index contributed by atoms with van der Waals surface area (Å²) in [5.74, 6) is 1.77. The van der Waals surface area contributed by atoms with E-state index < -0.39 is 0 Å². The van der Waals surface area contributed by atoms with Crippen LogP contribution >= 0.6 is 0 Å². The maximum absolute atomic E-state index is 6.56. The first-order chi connectivity index (χ1) is 25.8. The van der Waals surface area contributed by atoms with Crippen LogP contribution in [0.25, 0.3) is 111 Å². The minimum atomic E-state index is 0.583. The van der Waals surface area contributed by atoms with E-state index in [0.717, 1.165) is 93.2 Å². The summed E-state index contributed by atoms with van der Waals surface area (Å²) in [6, 6.07) is 49.7. The van der Waals surface area contributed by atoms with Crippen molar-refractivity contribution in [3.63, 3.8) is 0 Å². The Balaban J connectivity index is 1.19. The molecular weight excluding hydrogens is 641 g/mol. The third-order valence-corrected chi connectivity index (χ3v) is 10.0. The fourth-order valence-electron chi connectivity index (χ4n) is 7.63. The molecule has 4 aromatic heterocycles. The molecule has 0 radical (unpaired) electrons. The summed E-state index contributed by atoms with van der Waals surface area (Å²) in [6.45, 7) is 0. The van der Waals surface area contributed by atoms with Crippen LogP contribution in [0.4, 0.5) is 0 Å². The standard InChI is InChI=1S/C46H26N4O2/c1-2-10-28(11-3-1)44-48-45(50-46(49-44)35-16-9-18-39-42(35)33-14-6-7-17-38(33)51-39)30-24-29-12-4-5-13-31(29)36(25-30)32-15-8-19-40-41(32)34-21-20-27-22-23-47-26-37(27)43(34)52-40/h1-26H. The van der Waals surface area contributed by atoms with Gasteiger partial charge in [0.15, 0.2) is 17.5 Å². The highest BCUT2D eigenvalue weighted by molar-refractivity contribution is 6.20. The molecule has 0 aliphatic heterocycles. The Morgan fingerprint density at radius 3 is 1.96 bits per heavy atom. The molecule has 242 valence electrons. The van der Waals surface area contributed by atoms with Crippen LogP contribution in [-0.4, -0.2) is 19.9 Å². The minimum Gasteiger partial charge on any atom is -0.456 e. The molecule has 7 aromatic carbocycles. The van der Waals surface area contributed by atoms with Crippen LogP contribution in [0.2, 0.25) is 0 Å². The van der Waals surface area contributed by atoms with Gasteiger partial charge in [0.1, 0.15) is 22.3 Å². The van der Waals surface area contributed by atoms with Gasteiger partial charge in [-0.3, -0.25) is 4.98 Å². The number of hydrogen-bond donors (Lipinski definition) is 0. The normalized spacial score (nSPS) is 11.8. The molecule has 6 heteroatoms. The molecule has 0 bridgehead atoms. The van der Waals surface area contributed by atoms with Gasteiger partial charge < -0.3 is 8.83 Å². The fourth-order valence-corrected chi connectivity index (χ4v) is 7.63. The second kappa shape index (κ2) is 11.2. The van der Waals surface area contributed by atoms with E-state index in [-0.39, 0.29) is 0 Å². The quantitative estimate of drug-likeness (QED) is 0.186. The van der Waals surface area contributed by atoms with E-state index >= 15 is 0 Å². The van der Waals surface area contributed by atoms with Crippen molar-refractivity contribution < 1.29 is 8.83 Å². The number of benzene rings is 7. The number of aromatic nitrogens is 4. The molecule has 0 aliphatic carbocycles. The summed E-state index contributed by atoms with van der Waals surface area (Å²) in [5, 5.41) is 8.41. The molecule has 52 heavy (non-hydrogen) atoms. The second-order valence-corrected chi connectivity index (χ2v) is 13.0. The van der Waals surface area contributed by atoms with Gasteiger partial charge in [-0.25, -0.2) is 15.0 Å². The van der Waals surface area contributed by atoms with Gasteiger partial charge in [-0.15, -0.1) is 0 Å². The number of hydrogen-bond acceptors (Lipinski definition) is 6. The van der Waals surface area contributed by atoms with Crippen LogP contribution in [0.3, 0.4) is 0 Å². The van der Waals surface area contributed by atoms with Crippen molar-refractivity contribution in [3.05, 3.63) is 158 Å². The van der Waals surface area contributed by atoms with Gasteiger partial charge in [0.05, 0.1) is 0 Å². The third-order valence-electron chi connectivity index (χ3n) is 10.0. The van der Waals surface area contributed by atoms with E-state index in [9.17, 15) is 0 Å². The molecule has 0 saturated carbocycles. The number of fused-ring (bicyclic) bond motifs is 9. The zero-order valence-electron chi connectivity index (χ0n) is 27.6. The molecule has 0 fully saturated rings. The lowest BCUT2D eigenvalue weighted by Crippen LogP contribution is -2.00. The molecule has 0 atom stereocenters. The molecule has 0 unspecified atom stereocenters. The summed E-state index contributed by atoms with van der Waals surface area (Å²) in [5.41, 5.74) is 8.11. The molecule has 0 amide bonds. The van der Waals surface area contributed by atoms with Crippen LogP contribution < -0.4 is 0 Å². The molecule has 0 saturated heterocycles. The third kappa shape index (κ3) is 4.38. The number of furan rings is 2. The van der Waals surface area contributed by atoms with Crippen LogP contribution in [0.5, 0.6) is 0 Å². The topological polar surface area (TPSA) is 77.8 Å². The summed E-state index contributed by atoms with van der Waals surface area (Å²) >= 11 is 0. The van der Waals surface area contributed by atoms with Crippen LogP contribution in [0, 0.1) is 0 Å². The molecule has 4 heterocycles. The molecule has 0 aliphatic rings. The largest absolute Gasteiger partial charge is 0.456 e. The number of pyridine rings is 1. The van der Waals surface area contributed by atoms with E-state index in [1.165, 1.54) is 0 Å². The SMILES string of the molecule is c1ccc(-c2nc(-c3cc(-c4cccc5oc6c7cnccc7ccc6c45)c4ccccc4c3)nc(-c3cccc4oc5ccccc5c34)n2)cc1. The summed E-state index contributed by atoms with van der Waals surface area (Å²) in [6.07, 6.45) is 3.69. The van der Waals surface area contributed by atoms with Gasteiger partial charge in [0, 0.05) is 56.0 Å². The molecule has 0 spiro atoms. The average Bonchev–Trinajstić information content (AvgIpc) is 3.80. The van der Waals surface area contributed by atoms with E-state index in [0.29, 0.717) is 17.5 Å². The van der Waals surface area contributed by atoms with Gasteiger partial charge in [-0.1, -0.05) is 103 Å². The van der Waals surface area contributed by atoms with Crippen LogP contribution in [0.15, 0.2) is 167 Å². The highest BCUT2D eigenvalue weighted by Crippen LogP contribution is 2.43. The zero-order valence-corrected chi connectivity index (χ0v) is 27.6. The second-order valence-electron chi connectivity index (χ2n) is 13.0. The van der Waals surface area contributed by atoms with Gasteiger partial charge in [0.2, 0.25) is 0 Å². The number of rotatable bonds is 4. The van der Waals surface area contributed by atoms with Gasteiger partial charge in [-0.2, -0.15) is 0 Å². The van der Waals surface area contributed by atoms with E-state index in [4.69, 9.17) is 23.8 Å². The highest BCUT2D eigenvalue weighted by Gasteiger charge is 2.20. The molecular formula is C46H26N4O2. The lowest BCUT2D eigenvalue weighted by molar-refractivity contribution is 0.669. The van der Waals surface area contributed by atoms with E-state index in [1.807, 2.05) is 85.2 Å². The Morgan fingerprint density at radius 1 is 0.385 bits per heavy atom. The first-order valence-electron chi connectivity index (χ1n) is 17.2. The van der Waals surface area contributed by atoms with Crippen molar-refractivity contribution in [3.8, 4) is 45.3 Å². The molecule has 0 N–H and O–H groups in total. The Bertz CT molecular complexity index is 3200. The lowest BCUT2D eigenvalue weighted by Gasteiger charge is -2.13. The van der Waals surface area contributed by atoms with Crippen molar-refractivity contribution in [2.45, 2.75) is 0 Å². The summed E-state index contributed by atoms with van der Waals surface area (Å²) < 4.78 is 12.8. The van der Waals surface area contributed by atoms with Crippen LogP contribution in [0.1, 0.15) is 0 Å². The highest BCUT2D eigenvalue weighted by atomic mass is 16.3. The average molecular weight is 667 g/mol. The Kier molecular flexibility index (Phi) is 6.15. The maximum atomic E-state index is 6.56. The predicted molar refractivity (Wildman–Crippen MR) is 209 cm³/mol. The van der Waals surface area contributed by atoms with E-state index in [2.05, 4.69) is 77.8 Å². The Morgan fingerprint density at radius 2 is 1.08 bits per heavy atom. The number of para-hydroxylation sites is 1. The lowest BCUT2D eigenvalue weighted by atomic mass is 9.92. The Labute approximate surface area is 296 Å². The van der Waals surface area contributed by atoms with Crippen molar-refractivity contribution in [1.82, 2.24) is 19.9 Å². The van der Waals surface area contributed by atoms with Crippen molar-refractivity contribution in [1.29, 1.82) is 0 Å². The van der Waals surface area contributed by atoms with Gasteiger partial charge >= 0.3 is 0 Å². The first kappa shape index (κ1) is 28.6. The molecule has 11 rings (SSSR count). The molecule has 6 nitrogen and oxygen atoms in total. The summed E-state index contributed by atoms with van der Waals surface area (Å²) in [4.78, 5) is 19.9. The van der Waals surface area contributed by atoms with Crippen molar-refractivity contribution in [2.75, 3.05) is 0 Å². The van der Waals surface area contributed by atoms with Crippen LogP contribution in [-0.2, 0) is 0 Å².